The molecule has 18 heavy (non-hydrogen) atoms. The monoisotopic (exact) mass is 249 g/mol. The first-order chi connectivity index (χ1) is 8.40. The van der Waals surface area contributed by atoms with Gasteiger partial charge in [0.1, 0.15) is 0 Å². The van der Waals surface area contributed by atoms with E-state index in [1.165, 1.54) is 31.4 Å². The molecular formula is C15H27N3. The Kier molecular flexibility index (Phi) is 3.81. The fraction of sp³-hybridized carbons (Fsp3) is 0.800. The average Bonchev–Trinajstić information content (AvgIpc) is 2.56. The van der Waals surface area contributed by atoms with E-state index in [0.29, 0.717) is 11.3 Å². The van der Waals surface area contributed by atoms with Gasteiger partial charge < -0.3 is 5.73 Å². The third kappa shape index (κ3) is 2.77. The summed E-state index contributed by atoms with van der Waals surface area (Å²) in [5.41, 5.74) is 9.24. The molecule has 0 aromatic carbocycles. The zero-order valence-electron chi connectivity index (χ0n) is 12.2. The van der Waals surface area contributed by atoms with E-state index in [1.807, 2.05) is 18.7 Å². The van der Waals surface area contributed by atoms with E-state index in [4.69, 9.17) is 5.73 Å². The molecule has 102 valence electrons. The predicted molar refractivity (Wildman–Crippen MR) is 75.4 cm³/mol. The molecule has 0 amide bonds. The number of aryl methyl sites for hydroxylation is 2. The second-order valence-corrected chi connectivity index (χ2v) is 6.61. The maximum absolute atomic E-state index is 6.49. The van der Waals surface area contributed by atoms with Gasteiger partial charge >= 0.3 is 0 Å². The van der Waals surface area contributed by atoms with Gasteiger partial charge in [-0.1, -0.05) is 26.7 Å². The topological polar surface area (TPSA) is 43.8 Å². The SMILES string of the molecule is Cc1cc(CC(N)C2CCCCC2(C)C)n(C)n1. The van der Waals surface area contributed by atoms with E-state index in [0.717, 1.165) is 12.1 Å². The molecular weight excluding hydrogens is 222 g/mol. The zero-order valence-corrected chi connectivity index (χ0v) is 12.2. The molecule has 3 nitrogen and oxygen atoms in total. The summed E-state index contributed by atoms with van der Waals surface area (Å²) < 4.78 is 1.98. The minimum Gasteiger partial charge on any atom is -0.327 e. The van der Waals surface area contributed by atoms with Crippen molar-refractivity contribution in [1.82, 2.24) is 9.78 Å². The Morgan fingerprint density at radius 1 is 1.50 bits per heavy atom. The Hall–Kier alpha value is -0.830. The summed E-state index contributed by atoms with van der Waals surface area (Å²) in [4.78, 5) is 0. The van der Waals surface area contributed by atoms with E-state index in [2.05, 4.69) is 25.0 Å². The minimum absolute atomic E-state index is 0.259. The summed E-state index contributed by atoms with van der Waals surface area (Å²) in [6.07, 6.45) is 6.25. The Balaban J connectivity index is 2.07. The molecule has 0 saturated heterocycles. The molecule has 1 aromatic heterocycles. The fourth-order valence-corrected chi connectivity index (χ4v) is 3.55. The van der Waals surface area contributed by atoms with Crippen molar-refractivity contribution in [2.45, 2.75) is 58.9 Å². The summed E-state index contributed by atoms with van der Waals surface area (Å²) in [5.74, 6) is 0.640. The summed E-state index contributed by atoms with van der Waals surface area (Å²) in [6, 6.07) is 2.42. The number of nitrogens with two attached hydrogens (primary N) is 1. The fourth-order valence-electron chi connectivity index (χ4n) is 3.55. The largest absolute Gasteiger partial charge is 0.327 e. The van der Waals surface area contributed by atoms with Gasteiger partial charge in [-0.15, -0.1) is 0 Å². The zero-order chi connectivity index (χ0) is 13.3. The lowest BCUT2D eigenvalue weighted by molar-refractivity contribution is 0.112. The molecule has 2 rings (SSSR count). The first-order valence-electron chi connectivity index (χ1n) is 7.15. The molecule has 0 spiro atoms. The second-order valence-electron chi connectivity index (χ2n) is 6.61. The number of hydrogen-bond acceptors (Lipinski definition) is 2. The maximum Gasteiger partial charge on any atom is 0.0596 e. The van der Waals surface area contributed by atoms with Crippen molar-refractivity contribution in [3.63, 3.8) is 0 Å². The van der Waals surface area contributed by atoms with Crippen LogP contribution in [-0.4, -0.2) is 15.8 Å². The highest BCUT2D eigenvalue weighted by Gasteiger charge is 2.36. The first kappa shape index (κ1) is 13.6. The smallest absolute Gasteiger partial charge is 0.0596 e. The van der Waals surface area contributed by atoms with Crippen molar-refractivity contribution >= 4 is 0 Å². The molecule has 2 unspecified atom stereocenters. The van der Waals surface area contributed by atoms with Gasteiger partial charge in [0, 0.05) is 25.2 Å². The van der Waals surface area contributed by atoms with Crippen LogP contribution < -0.4 is 5.73 Å². The molecule has 1 saturated carbocycles. The Labute approximate surface area is 111 Å². The molecule has 1 aromatic rings. The van der Waals surface area contributed by atoms with Gasteiger partial charge in [0.15, 0.2) is 0 Å². The summed E-state index contributed by atoms with van der Waals surface area (Å²) in [7, 11) is 2.01. The van der Waals surface area contributed by atoms with Gasteiger partial charge in [0.25, 0.3) is 0 Å². The van der Waals surface area contributed by atoms with Gasteiger partial charge in [-0.25, -0.2) is 0 Å². The third-order valence-electron chi connectivity index (χ3n) is 4.65. The van der Waals surface area contributed by atoms with Crippen molar-refractivity contribution in [1.29, 1.82) is 0 Å². The van der Waals surface area contributed by atoms with Crippen LogP contribution in [0.3, 0.4) is 0 Å². The van der Waals surface area contributed by atoms with Crippen LogP contribution in [0.25, 0.3) is 0 Å². The van der Waals surface area contributed by atoms with Gasteiger partial charge in [0.05, 0.1) is 5.69 Å². The Bertz CT molecular complexity index is 406. The molecule has 1 heterocycles. The van der Waals surface area contributed by atoms with Crippen LogP contribution in [0.5, 0.6) is 0 Å². The van der Waals surface area contributed by atoms with Crippen molar-refractivity contribution in [2.75, 3.05) is 0 Å². The first-order valence-corrected chi connectivity index (χ1v) is 7.15. The Morgan fingerprint density at radius 3 is 2.78 bits per heavy atom. The highest BCUT2D eigenvalue weighted by molar-refractivity contribution is 5.10. The average molecular weight is 249 g/mol. The van der Waals surface area contributed by atoms with E-state index in [1.54, 1.807) is 0 Å². The van der Waals surface area contributed by atoms with Crippen molar-refractivity contribution in [3.8, 4) is 0 Å². The van der Waals surface area contributed by atoms with Crippen LogP contribution in [0.15, 0.2) is 6.07 Å². The molecule has 2 atom stereocenters. The van der Waals surface area contributed by atoms with E-state index in [9.17, 15) is 0 Å². The van der Waals surface area contributed by atoms with Crippen LogP contribution >= 0.6 is 0 Å². The number of rotatable bonds is 3. The molecule has 1 aliphatic carbocycles. The van der Waals surface area contributed by atoms with Crippen LogP contribution in [-0.2, 0) is 13.5 Å². The second kappa shape index (κ2) is 5.04. The summed E-state index contributed by atoms with van der Waals surface area (Å²) in [6.45, 7) is 6.80. The molecule has 1 aliphatic rings. The van der Waals surface area contributed by atoms with Crippen molar-refractivity contribution < 1.29 is 0 Å². The Morgan fingerprint density at radius 2 is 2.22 bits per heavy atom. The lowest BCUT2D eigenvalue weighted by atomic mass is 9.65. The van der Waals surface area contributed by atoms with Crippen molar-refractivity contribution in [2.24, 2.45) is 24.1 Å². The van der Waals surface area contributed by atoms with Crippen molar-refractivity contribution in [3.05, 3.63) is 17.5 Å². The predicted octanol–water partition coefficient (Wildman–Crippen LogP) is 2.81. The van der Waals surface area contributed by atoms with Gasteiger partial charge in [-0.05, 0) is 37.2 Å². The molecule has 0 radical (unpaired) electrons. The third-order valence-corrected chi connectivity index (χ3v) is 4.65. The normalized spacial score (nSPS) is 25.1. The van der Waals surface area contributed by atoms with Gasteiger partial charge in [0.2, 0.25) is 0 Å². The van der Waals surface area contributed by atoms with Crippen LogP contribution in [0.4, 0.5) is 0 Å². The molecule has 3 heteroatoms. The summed E-state index contributed by atoms with van der Waals surface area (Å²) in [5, 5.41) is 4.41. The van der Waals surface area contributed by atoms with Gasteiger partial charge in [-0.3, -0.25) is 4.68 Å². The quantitative estimate of drug-likeness (QED) is 0.895. The maximum atomic E-state index is 6.49. The molecule has 2 N–H and O–H groups in total. The molecule has 1 fully saturated rings. The lowest BCUT2D eigenvalue weighted by Crippen LogP contribution is -2.43. The molecule has 0 bridgehead atoms. The lowest BCUT2D eigenvalue weighted by Gasteiger charge is -2.42. The number of aromatic nitrogens is 2. The highest BCUT2D eigenvalue weighted by Crippen LogP contribution is 2.42. The number of hydrogen-bond donors (Lipinski definition) is 1. The van der Waals surface area contributed by atoms with E-state index in [-0.39, 0.29) is 6.04 Å². The van der Waals surface area contributed by atoms with Crippen LogP contribution in [0.1, 0.15) is 50.9 Å². The number of nitrogens with zero attached hydrogens (tertiary/aromatic N) is 2. The standard InChI is InChI=1S/C15H27N3/c1-11-9-12(18(4)17-11)10-14(16)13-7-5-6-8-15(13,2)3/h9,13-14H,5-8,10,16H2,1-4H3. The van der Waals surface area contributed by atoms with E-state index < -0.39 is 0 Å². The summed E-state index contributed by atoms with van der Waals surface area (Å²) >= 11 is 0. The van der Waals surface area contributed by atoms with Gasteiger partial charge in [-0.2, -0.15) is 5.10 Å². The highest BCUT2D eigenvalue weighted by atomic mass is 15.3. The molecule has 0 aliphatic heterocycles. The van der Waals surface area contributed by atoms with E-state index >= 15 is 0 Å². The van der Waals surface area contributed by atoms with Crippen LogP contribution in [0.2, 0.25) is 0 Å². The minimum atomic E-state index is 0.259. The van der Waals surface area contributed by atoms with Crippen LogP contribution in [0, 0.1) is 18.3 Å².